The fourth-order valence-electron chi connectivity index (χ4n) is 3.78. The molecule has 144 valence electrons. The third-order valence-electron chi connectivity index (χ3n) is 5.36. The van der Waals surface area contributed by atoms with Crippen molar-refractivity contribution in [2.45, 2.75) is 32.0 Å². The second-order valence-corrected chi connectivity index (χ2v) is 7.44. The van der Waals surface area contributed by atoms with E-state index in [1.54, 1.807) is 13.2 Å². The van der Waals surface area contributed by atoms with Gasteiger partial charge in [-0.05, 0) is 24.1 Å². The van der Waals surface area contributed by atoms with Crippen LogP contribution in [0.3, 0.4) is 0 Å². The zero-order valence-electron chi connectivity index (χ0n) is 15.2. The number of ether oxygens (including phenoxy) is 1. The number of carbonyl (C=O) groups excluding carboxylic acids is 1. The quantitative estimate of drug-likeness (QED) is 0.802. The van der Waals surface area contributed by atoms with Crippen molar-refractivity contribution in [2.75, 3.05) is 31.6 Å². The average Bonchev–Trinajstić information content (AvgIpc) is 3.30. The number of rotatable bonds is 4. The maximum Gasteiger partial charge on any atom is 0.227 e. The molecule has 1 amide bonds. The standard InChI is InChI=1S/C19H22ClFN4O2/c1-27-14-4-5-23(11-14)17-10-22-25-7-6-24(12-18(17)25)19(26)9-13-2-3-16(21)15(20)8-13/h2-3,8,10,14H,4-7,9,11-12H2,1H3. The minimum Gasteiger partial charge on any atom is -0.380 e. The SMILES string of the molecule is COC1CCN(c2cnn3c2CN(C(=O)Cc2ccc(F)c(Cl)c2)CC3)C1. The van der Waals surface area contributed by atoms with Crippen molar-refractivity contribution in [1.82, 2.24) is 14.7 Å². The van der Waals surface area contributed by atoms with Crippen LogP contribution in [0.25, 0.3) is 0 Å². The summed E-state index contributed by atoms with van der Waals surface area (Å²) < 4.78 is 20.8. The second kappa shape index (κ2) is 7.48. The summed E-state index contributed by atoms with van der Waals surface area (Å²) in [6, 6.07) is 4.42. The van der Waals surface area contributed by atoms with Gasteiger partial charge in [0.2, 0.25) is 5.91 Å². The number of hydrogen-bond donors (Lipinski definition) is 0. The molecular weight excluding hydrogens is 371 g/mol. The summed E-state index contributed by atoms with van der Waals surface area (Å²) in [5.74, 6) is -0.466. The van der Waals surface area contributed by atoms with Gasteiger partial charge in [0.1, 0.15) is 5.82 Å². The van der Waals surface area contributed by atoms with E-state index in [0.29, 0.717) is 25.2 Å². The molecule has 4 rings (SSSR count). The summed E-state index contributed by atoms with van der Waals surface area (Å²) >= 11 is 5.83. The van der Waals surface area contributed by atoms with E-state index >= 15 is 0 Å². The van der Waals surface area contributed by atoms with Gasteiger partial charge in [-0.15, -0.1) is 0 Å². The lowest BCUT2D eigenvalue weighted by Gasteiger charge is -2.30. The van der Waals surface area contributed by atoms with Gasteiger partial charge in [-0.3, -0.25) is 9.48 Å². The second-order valence-electron chi connectivity index (χ2n) is 7.03. The molecule has 2 aromatic rings. The fraction of sp³-hybridized carbons (Fsp3) is 0.474. The van der Waals surface area contributed by atoms with Crippen molar-refractivity contribution >= 4 is 23.2 Å². The Bertz CT molecular complexity index is 856. The number of fused-ring (bicyclic) bond motifs is 1. The van der Waals surface area contributed by atoms with Crippen LogP contribution in [-0.4, -0.2) is 53.4 Å². The Labute approximate surface area is 162 Å². The Morgan fingerprint density at radius 3 is 2.96 bits per heavy atom. The Balaban J connectivity index is 1.46. The van der Waals surface area contributed by atoms with Crippen LogP contribution in [-0.2, 0) is 29.0 Å². The lowest BCUT2D eigenvalue weighted by Crippen LogP contribution is -2.40. The monoisotopic (exact) mass is 392 g/mol. The van der Waals surface area contributed by atoms with Crippen molar-refractivity contribution in [3.63, 3.8) is 0 Å². The van der Waals surface area contributed by atoms with Crippen molar-refractivity contribution in [3.8, 4) is 0 Å². The van der Waals surface area contributed by atoms with Gasteiger partial charge in [0, 0.05) is 26.7 Å². The van der Waals surface area contributed by atoms with Crippen LogP contribution in [0.1, 0.15) is 17.7 Å². The summed E-state index contributed by atoms with van der Waals surface area (Å²) in [6.07, 6.45) is 3.33. The molecule has 1 aromatic carbocycles. The van der Waals surface area contributed by atoms with E-state index in [0.717, 1.165) is 30.9 Å². The van der Waals surface area contributed by atoms with Gasteiger partial charge >= 0.3 is 0 Å². The predicted octanol–water partition coefficient (Wildman–Crippen LogP) is 2.49. The Morgan fingerprint density at radius 1 is 1.37 bits per heavy atom. The van der Waals surface area contributed by atoms with E-state index in [4.69, 9.17) is 16.3 Å². The van der Waals surface area contributed by atoms with E-state index in [1.807, 2.05) is 15.8 Å². The van der Waals surface area contributed by atoms with Crippen molar-refractivity contribution in [2.24, 2.45) is 0 Å². The first-order valence-corrected chi connectivity index (χ1v) is 9.47. The minimum absolute atomic E-state index is 0.00673. The summed E-state index contributed by atoms with van der Waals surface area (Å²) in [5.41, 5.74) is 2.86. The molecule has 0 aliphatic carbocycles. The lowest BCUT2D eigenvalue weighted by molar-refractivity contribution is -0.131. The summed E-state index contributed by atoms with van der Waals surface area (Å²) in [7, 11) is 1.74. The molecule has 6 nitrogen and oxygen atoms in total. The zero-order chi connectivity index (χ0) is 19.0. The first-order chi connectivity index (χ1) is 13.0. The van der Waals surface area contributed by atoms with E-state index in [1.165, 1.54) is 12.1 Å². The molecule has 2 aliphatic heterocycles. The maximum absolute atomic E-state index is 13.3. The van der Waals surface area contributed by atoms with Gasteiger partial charge in [0.15, 0.2) is 0 Å². The van der Waals surface area contributed by atoms with Crippen LogP contribution in [0.15, 0.2) is 24.4 Å². The number of aromatic nitrogens is 2. The van der Waals surface area contributed by atoms with E-state index in [9.17, 15) is 9.18 Å². The molecule has 1 aromatic heterocycles. The van der Waals surface area contributed by atoms with E-state index in [-0.39, 0.29) is 23.5 Å². The number of amides is 1. The van der Waals surface area contributed by atoms with Crippen LogP contribution in [0, 0.1) is 5.82 Å². The molecule has 0 spiro atoms. The number of anilines is 1. The smallest absolute Gasteiger partial charge is 0.227 e. The van der Waals surface area contributed by atoms with Crippen molar-refractivity contribution in [3.05, 3.63) is 46.5 Å². The molecule has 27 heavy (non-hydrogen) atoms. The zero-order valence-corrected chi connectivity index (χ0v) is 16.0. The molecule has 8 heteroatoms. The molecule has 0 N–H and O–H groups in total. The number of hydrogen-bond acceptors (Lipinski definition) is 4. The minimum atomic E-state index is -0.473. The molecular formula is C19H22ClFN4O2. The van der Waals surface area contributed by atoms with Crippen molar-refractivity contribution < 1.29 is 13.9 Å². The average molecular weight is 393 g/mol. The van der Waals surface area contributed by atoms with Gasteiger partial charge in [0.25, 0.3) is 0 Å². The highest BCUT2D eigenvalue weighted by Crippen LogP contribution is 2.28. The van der Waals surface area contributed by atoms with Crippen molar-refractivity contribution in [1.29, 1.82) is 0 Å². The van der Waals surface area contributed by atoms with Gasteiger partial charge in [0.05, 0.1) is 48.2 Å². The largest absolute Gasteiger partial charge is 0.380 e. The summed E-state index contributed by atoms with van der Waals surface area (Å²) in [4.78, 5) is 16.9. The van der Waals surface area contributed by atoms with Crippen LogP contribution in [0.5, 0.6) is 0 Å². The highest BCUT2D eigenvalue weighted by molar-refractivity contribution is 6.30. The molecule has 3 heterocycles. The normalized spacial score (nSPS) is 19.4. The molecule has 0 saturated carbocycles. The predicted molar refractivity (Wildman–Crippen MR) is 100 cm³/mol. The van der Waals surface area contributed by atoms with Crippen LogP contribution < -0.4 is 4.90 Å². The Morgan fingerprint density at radius 2 is 2.22 bits per heavy atom. The third kappa shape index (κ3) is 3.66. The lowest BCUT2D eigenvalue weighted by atomic mass is 10.1. The molecule has 1 unspecified atom stereocenters. The number of carbonyl (C=O) groups is 1. The number of nitrogens with zero attached hydrogens (tertiary/aromatic N) is 4. The first-order valence-electron chi connectivity index (χ1n) is 9.09. The number of halogens is 2. The topological polar surface area (TPSA) is 50.6 Å². The summed E-state index contributed by atoms with van der Waals surface area (Å²) in [6.45, 7) is 3.59. The van der Waals surface area contributed by atoms with Crippen LogP contribution in [0.4, 0.5) is 10.1 Å². The Kier molecular flexibility index (Phi) is 5.06. The number of benzene rings is 1. The molecule has 0 bridgehead atoms. The van der Waals surface area contributed by atoms with Gasteiger partial charge < -0.3 is 14.5 Å². The molecule has 1 fully saturated rings. The van der Waals surface area contributed by atoms with Crippen LogP contribution >= 0.6 is 11.6 Å². The molecule has 2 aliphatic rings. The van der Waals surface area contributed by atoms with Gasteiger partial charge in [-0.1, -0.05) is 17.7 Å². The maximum atomic E-state index is 13.3. The van der Waals surface area contributed by atoms with E-state index < -0.39 is 5.82 Å². The van der Waals surface area contributed by atoms with Gasteiger partial charge in [-0.25, -0.2) is 4.39 Å². The molecule has 1 saturated heterocycles. The van der Waals surface area contributed by atoms with Gasteiger partial charge in [-0.2, -0.15) is 5.10 Å². The fourth-order valence-corrected chi connectivity index (χ4v) is 3.99. The molecule has 1 atom stereocenters. The first kappa shape index (κ1) is 18.3. The highest BCUT2D eigenvalue weighted by Gasteiger charge is 2.29. The third-order valence-corrected chi connectivity index (χ3v) is 5.65. The highest BCUT2D eigenvalue weighted by atomic mass is 35.5. The summed E-state index contributed by atoms with van der Waals surface area (Å²) in [5, 5.41) is 4.53. The molecule has 0 radical (unpaired) electrons. The van der Waals surface area contributed by atoms with E-state index in [2.05, 4.69) is 10.00 Å². The number of methoxy groups -OCH3 is 1. The Hall–Kier alpha value is -2.12. The van der Waals surface area contributed by atoms with Crippen LogP contribution in [0.2, 0.25) is 5.02 Å².